The van der Waals surface area contributed by atoms with Crippen LogP contribution in [0.15, 0.2) is 0 Å². The predicted molar refractivity (Wildman–Crippen MR) is 73.1 cm³/mol. The molecule has 1 nitrogen and oxygen atoms in total. The van der Waals surface area contributed by atoms with Gasteiger partial charge in [0, 0.05) is 0 Å². The summed E-state index contributed by atoms with van der Waals surface area (Å²) in [5.41, 5.74) is 9.11. The van der Waals surface area contributed by atoms with Gasteiger partial charge in [-0.3, -0.25) is 0 Å². The summed E-state index contributed by atoms with van der Waals surface area (Å²) in [5, 5.41) is 0. The van der Waals surface area contributed by atoms with Crippen molar-refractivity contribution in [1.29, 1.82) is 0 Å². The zero-order valence-electron chi connectivity index (χ0n) is 11.6. The Hall–Kier alpha value is 0.250. The standard InChI is InChI=1S/C15H25N.ClH/c1-11-5-10-6-12(11,2)14(4)8-15(10,9-16)7-13(11,14)3;/h10H,5-9,16H2,1-4H3;1H. The third-order valence-electron chi connectivity index (χ3n) is 8.86. The van der Waals surface area contributed by atoms with E-state index in [-0.39, 0.29) is 12.4 Å². The van der Waals surface area contributed by atoms with Gasteiger partial charge in [-0.1, -0.05) is 27.7 Å². The Labute approximate surface area is 111 Å². The highest BCUT2D eigenvalue weighted by Crippen LogP contribution is 2.96. The van der Waals surface area contributed by atoms with Crippen LogP contribution in [0.2, 0.25) is 0 Å². The van der Waals surface area contributed by atoms with Gasteiger partial charge in [-0.2, -0.15) is 0 Å². The molecule has 4 atom stereocenters. The molecule has 5 saturated carbocycles. The van der Waals surface area contributed by atoms with Crippen LogP contribution in [0.3, 0.4) is 0 Å². The van der Waals surface area contributed by atoms with E-state index in [2.05, 4.69) is 27.7 Å². The zero-order valence-corrected chi connectivity index (χ0v) is 12.4. The van der Waals surface area contributed by atoms with E-state index >= 15 is 0 Å². The Bertz CT molecular complexity index is 376. The van der Waals surface area contributed by atoms with Gasteiger partial charge in [0.2, 0.25) is 0 Å². The van der Waals surface area contributed by atoms with Crippen LogP contribution in [0.4, 0.5) is 0 Å². The molecule has 5 fully saturated rings. The van der Waals surface area contributed by atoms with Gasteiger partial charge in [0.05, 0.1) is 0 Å². The monoisotopic (exact) mass is 255 g/mol. The molecule has 4 unspecified atom stereocenters. The molecule has 17 heavy (non-hydrogen) atoms. The van der Waals surface area contributed by atoms with Crippen molar-refractivity contribution in [1.82, 2.24) is 0 Å². The number of rotatable bonds is 1. The first kappa shape index (κ1) is 12.3. The molecular weight excluding hydrogens is 230 g/mol. The van der Waals surface area contributed by atoms with Gasteiger partial charge in [-0.25, -0.2) is 0 Å². The van der Waals surface area contributed by atoms with E-state index in [0.717, 1.165) is 12.5 Å². The highest BCUT2D eigenvalue weighted by molar-refractivity contribution is 5.85. The molecule has 2 heteroatoms. The van der Waals surface area contributed by atoms with Crippen LogP contribution >= 0.6 is 12.4 Å². The normalized spacial score (nSPS) is 70.1. The van der Waals surface area contributed by atoms with Gasteiger partial charge in [0.15, 0.2) is 0 Å². The van der Waals surface area contributed by atoms with Crippen LogP contribution in [-0.2, 0) is 0 Å². The van der Waals surface area contributed by atoms with Crippen molar-refractivity contribution in [2.75, 3.05) is 6.54 Å². The molecule has 0 saturated heterocycles. The molecule has 5 aliphatic carbocycles. The molecule has 2 N–H and O–H groups in total. The molecule has 98 valence electrons. The van der Waals surface area contributed by atoms with Crippen molar-refractivity contribution >= 4 is 12.4 Å². The average Bonchev–Trinajstić information content (AvgIpc) is 2.54. The molecular formula is C15H26ClN. The third-order valence-corrected chi connectivity index (χ3v) is 8.86. The zero-order chi connectivity index (χ0) is 11.6. The fraction of sp³-hybridized carbons (Fsp3) is 1.00. The van der Waals surface area contributed by atoms with Crippen LogP contribution in [-0.4, -0.2) is 6.54 Å². The van der Waals surface area contributed by atoms with Gasteiger partial charge in [0.25, 0.3) is 0 Å². The fourth-order valence-electron chi connectivity index (χ4n) is 7.62. The van der Waals surface area contributed by atoms with Crippen molar-refractivity contribution in [3.8, 4) is 0 Å². The second-order valence-electron chi connectivity index (χ2n) is 8.35. The number of hydrogen-bond acceptors (Lipinski definition) is 1. The van der Waals surface area contributed by atoms with E-state index in [9.17, 15) is 0 Å². The van der Waals surface area contributed by atoms with Gasteiger partial charge in [0.1, 0.15) is 0 Å². The van der Waals surface area contributed by atoms with Gasteiger partial charge in [-0.05, 0) is 65.2 Å². The Kier molecular flexibility index (Phi) is 1.87. The Morgan fingerprint density at radius 3 is 1.65 bits per heavy atom. The molecule has 6 bridgehead atoms. The van der Waals surface area contributed by atoms with Crippen LogP contribution in [0.5, 0.6) is 0 Å². The molecule has 0 aromatic rings. The molecule has 0 amide bonds. The van der Waals surface area contributed by atoms with Crippen molar-refractivity contribution in [3.63, 3.8) is 0 Å². The first-order valence-electron chi connectivity index (χ1n) is 6.99. The maximum atomic E-state index is 6.18. The molecule has 0 spiro atoms. The lowest BCUT2D eigenvalue weighted by Gasteiger charge is -2.76. The quantitative estimate of drug-likeness (QED) is 0.761. The summed E-state index contributed by atoms with van der Waals surface area (Å²) in [4.78, 5) is 0. The predicted octanol–water partition coefficient (Wildman–Crippen LogP) is 3.61. The fourth-order valence-corrected chi connectivity index (χ4v) is 7.62. The van der Waals surface area contributed by atoms with Gasteiger partial charge in [-0.15, -0.1) is 12.4 Å². The van der Waals surface area contributed by atoms with E-state index in [0.29, 0.717) is 27.1 Å². The van der Waals surface area contributed by atoms with Crippen LogP contribution < -0.4 is 5.73 Å². The van der Waals surface area contributed by atoms with E-state index in [1.807, 2.05) is 0 Å². The second-order valence-corrected chi connectivity index (χ2v) is 8.35. The highest BCUT2D eigenvalue weighted by Gasteiger charge is 2.90. The molecule has 0 radical (unpaired) electrons. The Balaban J connectivity index is 0.000000902. The average molecular weight is 256 g/mol. The van der Waals surface area contributed by atoms with E-state index in [1.165, 1.54) is 25.7 Å². The largest absolute Gasteiger partial charge is 0.330 e. The van der Waals surface area contributed by atoms with Crippen molar-refractivity contribution in [2.24, 2.45) is 38.7 Å². The SMILES string of the molecule is CC12CC3CC1(C)C1(C)CC3(CN)CC21C.Cl. The summed E-state index contributed by atoms with van der Waals surface area (Å²) in [6.45, 7) is 11.3. The minimum Gasteiger partial charge on any atom is -0.330 e. The Morgan fingerprint density at radius 1 is 0.882 bits per heavy atom. The minimum atomic E-state index is 0. The van der Waals surface area contributed by atoms with Crippen molar-refractivity contribution in [2.45, 2.75) is 53.4 Å². The summed E-state index contributed by atoms with van der Waals surface area (Å²) >= 11 is 0. The lowest BCUT2D eigenvalue weighted by atomic mass is 9.28. The van der Waals surface area contributed by atoms with E-state index < -0.39 is 0 Å². The van der Waals surface area contributed by atoms with Crippen molar-refractivity contribution < 1.29 is 0 Å². The van der Waals surface area contributed by atoms with Crippen molar-refractivity contribution in [3.05, 3.63) is 0 Å². The van der Waals surface area contributed by atoms with Gasteiger partial charge < -0.3 is 5.73 Å². The number of halogens is 1. The second kappa shape index (κ2) is 2.58. The highest BCUT2D eigenvalue weighted by atomic mass is 35.5. The maximum Gasteiger partial charge on any atom is -0.00174 e. The minimum absolute atomic E-state index is 0. The molecule has 5 rings (SSSR count). The summed E-state index contributed by atoms with van der Waals surface area (Å²) in [6.07, 6.45) is 5.77. The molecule has 0 heterocycles. The Morgan fingerprint density at radius 2 is 1.29 bits per heavy atom. The van der Waals surface area contributed by atoms with Crippen LogP contribution in [0, 0.1) is 33.0 Å². The topological polar surface area (TPSA) is 26.0 Å². The number of hydrogen-bond donors (Lipinski definition) is 1. The van der Waals surface area contributed by atoms with E-state index in [1.54, 1.807) is 0 Å². The summed E-state index contributed by atoms with van der Waals surface area (Å²) in [7, 11) is 0. The molecule has 0 aromatic heterocycles. The number of nitrogens with two attached hydrogens (primary N) is 1. The summed E-state index contributed by atoms with van der Waals surface area (Å²) < 4.78 is 0. The van der Waals surface area contributed by atoms with E-state index in [4.69, 9.17) is 5.73 Å². The van der Waals surface area contributed by atoms with Crippen LogP contribution in [0.25, 0.3) is 0 Å². The lowest BCUT2D eigenvalue weighted by Crippen LogP contribution is -2.70. The third kappa shape index (κ3) is 0.730. The molecule has 5 aliphatic rings. The van der Waals surface area contributed by atoms with Crippen LogP contribution in [0.1, 0.15) is 53.4 Å². The summed E-state index contributed by atoms with van der Waals surface area (Å²) in [5.74, 6) is 0.941. The molecule has 0 aromatic carbocycles. The first-order valence-corrected chi connectivity index (χ1v) is 6.99. The smallest absolute Gasteiger partial charge is 0.00174 e. The summed E-state index contributed by atoms with van der Waals surface area (Å²) in [6, 6.07) is 0. The first-order chi connectivity index (χ1) is 7.29. The maximum absolute atomic E-state index is 6.18. The molecule has 0 aliphatic heterocycles. The lowest BCUT2D eigenvalue weighted by molar-refractivity contribution is -0.283. The van der Waals surface area contributed by atoms with Gasteiger partial charge >= 0.3 is 0 Å².